The first kappa shape index (κ1) is 17.3. The van der Waals surface area contributed by atoms with Crippen LogP contribution in [0.4, 0.5) is 3.89 Å². The maximum Gasteiger partial charge on any atom is 0.307 e. The van der Waals surface area contributed by atoms with Crippen molar-refractivity contribution in [3.8, 4) is 0 Å². The van der Waals surface area contributed by atoms with Crippen LogP contribution in [-0.4, -0.2) is 57.1 Å². The van der Waals surface area contributed by atoms with Gasteiger partial charge in [-0.1, -0.05) is 0 Å². The summed E-state index contributed by atoms with van der Waals surface area (Å²) in [5.74, 6) is -0.319. The predicted molar refractivity (Wildman–Crippen MR) is 71.3 cm³/mol. The normalized spacial score (nSPS) is 20.1. The van der Waals surface area contributed by atoms with Gasteiger partial charge in [-0.3, -0.25) is 4.79 Å². The number of carbonyl (C=O) groups excluding carboxylic acids is 1. The molecule has 1 heterocycles. The van der Waals surface area contributed by atoms with Crippen LogP contribution in [0.3, 0.4) is 0 Å². The van der Waals surface area contributed by atoms with Crippen LogP contribution in [-0.2, 0) is 24.5 Å². The first-order valence-electron chi connectivity index (χ1n) is 6.82. The molecule has 0 aromatic carbocycles. The van der Waals surface area contributed by atoms with Gasteiger partial charge in [-0.2, -0.15) is 8.42 Å². The van der Waals surface area contributed by atoms with Gasteiger partial charge in [0, 0.05) is 39.1 Å². The molecule has 6 nitrogen and oxygen atoms in total. The number of likely N-dealkylation sites (tertiary alicyclic amines) is 1. The Morgan fingerprint density at radius 2 is 1.95 bits per heavy atom. The number of hydrogen-bond acceptors (Lipinski definition) is 5. The zero-order valence-electron chi connectivity index (χ0n) is 11.9. The molecule has 1 fully saturated rings. The van der Waals surface area contributed by atoms with Gasteiger partial charge in [-0.05, 0) is 20.3 Å². The first-order valence-corrected chi connectivity index (χ1v) is 8.27. The van der Waals surface area contributed by atoms with Gasteiger partial charge in [-0.15, -0.1) is 3.89 Å². The lowest BCUT2D eigenvalue weighted by Crippen LogP contribution is -2.29. The van der Waals surface area contributed by atoms with E-state index in [1.54, 1.807) is 0 Å². The third-order valence-corrected chi connectivity index (χ3v) is 4.26. The minimum Gasteiger partial charge on any atom is -0.353 e. The van der Waals surface area contributed by atoms with Gasteiger partial charge in [0.15, 0.2) is 6.29 Å². The molecule has 1 amide bonds. The lowest BCUT2D eigenvalue weighted by molar-refractivity contribution is -0.141. The second-order valence-electron chi connectivity index (χ2n) is 4.62. The summed E-state index contributed by atoms with van der Waals surface area (Å²) in [4.78, 5) is 13.0. The van der Waals surface area contributed by atoms with Crippen LogP contribution in [0.1, 0.15) is 33.1 Å². The molecule has 0 spiro atoms. The van der Waals surface area contributed by atoms with E-state index in [2.05, 4.69) is 0 Å². The second kappa shape index (κ2) is 7.90. The summed E-state index contributed by atoms with van der Waals surface area (Å²) >= 11 is 0. The maximum absolute atomic E-state index is 12.8. The van der Waals surface area contributed by atoms with Crippen LogP contribution in [0.2, 0.25) is 0 Å². The van der Waals surface area contributed by atoms with E-state index in [0.717, 1.165) is 0 Å². The fraction of sp³-hybridized carbons (Fsp3) is 0.917. The molecule has 1 aliphatic heterocycles. The zero-order chi connectivity index (χ0) is 15.2. The van der Waals surface area contributed by atoms with Crippen molar-refractivity contribution in [2.75, 3.05) is 26.3 Å². The van der Waals surface area contributed by atoms with E-state index in [1.165, 1.54) is 4.90 Å². The van der Waals surface area contributed by atoms with Crippen LogP contribution < -0.4 is 0 Å². The van der Waals surface area contributed by atoms with Gasteiger partial charge in [0.1, 0.15) is 5.25 Å². The molecule has 0 aliphatic carbocycles. The quantitative estimate of drug-likeness (QED) is 0.470. The SMILES string of the molecule is CCOC(CCCN1CC(S(=O)(=O)F)CC1=O)OCC. The van der Waals surface area contributed by atoms with Crippen LogP contribution in [0, 0.1) is 0 Å². The monoisotopic (exact) mass is 311 g/mol. The molecular weight excluding hydrogens is 289 g/mol. The number of carbonyl (C=O) groups is 1. The van der Waals surface area contributed by atoms with Gasteiger partial charge in [0.05, 0.1) is 0 Å². The van der Waals surface area contributed by atoms with Gasteiger partial charge < -0.3 is 14.4 Å². The Hall–Kier alpha value is -0.730. The van der Waals surface area contributed by atoms with Crippen LogP contribution in [0.15, 0.2) is 0 Å². The van der Waals surface area contributed by atoms with Gasteiger partial charge >= 0.3 is 10.2 Å². The number of nitrogens with zero attached hydrogens (tertiary/aromatic N) is 1. The smallest absolute Gasteiger partial charge is 0.307 e. The van der Waals surface area contributed by atoms with E-state index in [1.807, 2.05) is 13.8 Å². The average Bonchev–Trinajstić information content (AvgIpc) is 2.71. The molecule has 1 rings (SSSR count). The van der Waals surface area contributed by atoms with Gasteiger partial charge in [0.2, 0.25) is 5.91 Å². The van der Waals surface area contributed by atoms with E-state index >= 15 is 0 Å². The van der Waals surface area contributed by atoms with Crippen molar-refractivity contribution in [2.45, 2.75) is 44.6 Å². The molecule has 0 aromatic heterocycles. The van der Waals surface area contributed by atoms with E-state index in [0.29, 0.717) is 32.6 Å². The molecule has 20 heavy (non-hydrogen) atoms. The highest BCUT2D eigenvalue weighted by molar-refractivity contribution is 7.87. The summed E-state index contributed by atoms with van der Waals surface area (Å²) < 4.78 is 45.2. The topological polar surface area (TPSA) is 72.9 Å². The molecule has 0 radical (unpaired) electrons. The molecular formula is C12H22FNO5S. The minimum absolute atomic E-state index is 0.0639. The molecule has 1 atom stereocenters. The highest BCUT2D eigenvalue weighted by Gasteiger charge is 2.38. The molecule has 0 bridgehead atoms. The van der Waals surface area contributed by atoms with E-state index in [-0.39, 0.29) is 25.2 Å². The molecule has 0 N–H and O–H groups in total. The summed E-state index contributed by atoms with van der Waals surface area (Å²) in [5, 5.41) is -1.22. The molecule has 0 aromatic rings. The molecule has 1 saturated heterocycles. The Bertz CT molecular complexity index is 408. The van der Waals surface area contributed by atoms with Crippen LogP contribution in [0.25, 0.3) is 0 Å². The van der Waals surface area contributed by atoms with E-state index < -0.39 is 15.5 Å². The van der Waals surface area contributed by atoms with Gasteiger partial charge in [-0.25, -0.2) is 0 Å². The van der Waals surface area contributed by atoms with E-state index in [9.17, 15) is 17.1 Å². The number of halogens is 1. The van der Waals surface area contributed by atoms with Crippen molar-refractivity contribution >= 4 is 16.1 Å². The lowest BCUT2D eigenvalue weighted by atomic mass is 10.3. The van der Waals surface area contributed by atoms with Crippen molar-refractivity contribution in [1.29, 1.82) is 0 Å². The Morgan fingerprint density at radius 1 is 1.35 bits per heavy atom. The van der Waals surface area contributed by atoms with Crippen LogP contribution >= 0.6 is 0 Å². The summed E-state index contributed by atoms with van der Waals surface area (Å²) in [5.41, 5.74) is 0. The Balaban J connectivity index is 2.37. The molecule has 0 saturated carbocycles. The van der Waals surface area contributed by atoms with Gasteiger partial charge in [0.25, 0.3) is 0 Å². The summed E-state index contributed by atoms with van der Waals surface area (Å²) in [7, 11) is -4.64. The first-order chi connectivity index (χ1) is 9.38. The number of amides is 1. The minimum atomic E-state index is -4.64. The third kappa shape index (κ3) is 5.34. The third-order valence-electron chi connectivity index (χ3n) is 3.15. The number of hydrogen-bond donors (Lipinski definition) is 0. The summed E-state index contributed by atoms with van der Waals surface area (Å²) in [6, 6.07) is 0. The summed E-state index contributed by atoms with van der Waals surface area (Å²) in [6.45, 7) is 5.14. The average molecular weight is 311 g/mol. The van der Waals surface area contributed by atoms with Crippen molar-refractivity contribution < 1.29 is 26.6 Å². The maximum atomic E-state index is 12.8. The molecule has 1 aliphatic rings. The van der Waals surface area contributed by atoms with Crippen molar-refractivity contribution in [3.05, 3.63) is 0 Å². The largest absolute Gasteiger partial charge is 0.353 e. The standard InChI is InChI=1S/C12H22FNO5S/c1-3-18-12(19-4-2)6-5-7-14-9-10(8-11(14)15)20(13,16)17/h10,12H,3-9H2,1-2H3. The Kier molecular flexibility index (Phi) is 6.84. The second-order valence-corrected chi connectivity index (χ2v) is 6.24. The van der Waals surface area contributed by atoms with E-state index in [4.69, 9.17) is 9.47 Å². The zero-order valence-corrected chi connectivity index (χ0v) is 12.7. The molecule has 118 valence electrons. The van der Waals surface area contributed by atoms with Crippen LogP contribution in [0.5, 0.6) is 0 Å². The number of ether oxygens (including phenoxy) is 2. The molecule has 1 unspecified atom stereocenters. The Morgan fingerprint density at radius 3 is 2.40 bits per heavy atom. The predicted octanol–water partition coefficient (Wildman–Crippen LogP) is 1.07. The Labute approximate surface area is 119 Å². The highest BCUT2D eigenvalue weighted by Crippen LogP contribution is 2.20. The van der Waals surface area contributed by atoms with Crippen molar-refractivity contribution in [3.63, 3.8) is 0 Å². The highest BCUT2D eigenvalue weighted by atomic mass is 32.3. The summed E-state index contributed by atoms with van der Waals surface area (Å²) in [6.07, 6.45) is 0.649. The fourth-order valence-corrected chi connectivity index (χ4v) is 2.88. The number of rotatable bonds is 9. The van der Waals surface area contributed by atoms with Crippen molar-refractivity contribution in [1.82, 2.24) is 4.90 Å². The fourth-order valence-electron chi connectivity index (χ4n) is 2.18. The molecule has 8 heteroatoms. The van der Waals surface area contributed by atoms with Crippen molar-refractivity contribution in [2.24, 2.45) is 0 Å². The lowest BCUT2D eigenvalue weighted by Gasteiger charge is -2.19.